The Morgan fingerprint density at radius 1 is 1.19 bits per heavy atom. The Morgan fingerprint density at radius 2 is 2.00 bits per heavy atom. The zero-order valence-corrected chi connectivity index (χ0v) is 15.3. The van der Waals surface area contributed by atoms with E-state index in [2.05, 4.69) is 20.3 Å². The van der Waals surface area contributed by atoms with E-state index in [4.69, 9.17) is 4.74 Å². The van der Waals surface area contributed by atoms with Crippen LogP contribution in [0.3, 0.4) is 0 Å². The van der Waals surface area contributed by atoms with Gasteiger partial charge in [0.2, 0.25) is 0 Å². The normalized spacial score (nSPS) is 18.1. The Bertz CT molecular complexity index is 1050. The summed E-state index contributed by atoms with van der Waals surface area (Å²) in [6, 6.07) is 12.1. The van der Waals surface area contributed by atoms with Gasteiger partial charge in [-0.25, -0.2) is 0 Å². The fraction of sp³-hybridized carbons (Fsp3) is 0.222. The minimum absolute atomic E-state index is 0.0155. The number of nitrogens with zero attached hydrogens (tertiary/aromatic N) is 1. The molecule has 27 heavy (non-hydrogen) atoms. The molecule has 4 rings (SSSR count). The van der Waals surface area contributed by atoms with Gasteiger partial charge in [0.25, 0.3) is 15.9 Å². The SMILES string of the molecule is CC(NCC1=NS(=O)(=O)c2ccccc2N1)c1ccc2c(c1)NC(=O)CO2. The summed E-state index contributed by atoms with van der Waals surface area (Å²) in [6.07, 6.45) is 0. The predicted octanol–water partition coefficient (Wildman–Crippen LogP) is 1.88. The van der Waals surface area contributed by atoms with Crippen molar-refractivity contribution < 1.29 is 17.9 Å². The number of sulfonamides is 1. The summed E-state index contributed by atoms with van der Waals surface area (Å²) >= 11 is 0. The molecule has 140 valence electrons. The average Bonchev–Trinajstić information content (AvgIpc) is 2.65. The number of hydrogen-bond donors (Lipinski definition) is 3. The van der Waals surface area contributed by atoms with Crippen LogP contribution < -0.4 is 20.7 Å². The molecule has 0 radical (unpaired) electrons. The van der Waals surface area contributed by atoms with Crippen molar-refractivity contribution in [1.29, 1.82) is 0 Å². The van der Waals surface area contributed by atoms with E-state index in [1.807, 2.05) is 19.1 Å². The van der Waals surface area contributed by atoms with Crippen molar-refractivity contribution in [1.82, 2.24) is 5.32 Å². The fourth-order valence-electron chi connectivity index (χ4n) is 2.98. The second kappa shape index (κ2) is 6.67. The molecular formula is C18H18N4O4S. The molecule has 2 aliphatic heterocycles. The Labute approximate surface area is 156 Å². The number of amidine groups is 1. The molecule has 1 amide bonds. The van der Waals surface area contributed by atoms with Crippen LogP contribution in [0.4, 0.5) is 11.4 Å². The second-order valence-corrected chi connectivity index (χ2v) is 7.90. The smallest absolute Gasteiger partial charge is 0.286 e. The van der Waals surface area contributed by atoms with Crippen molar-refractivity contribution in [2.75, 3.05) is 23.8 Å². The maximum atomic E-state index is 12.3. The van der Waals surface area contributed by atoms with E-state index in [1.165, 1.54) is 6.07 Å². The van der Waals surface area contributed by atoms with Gasteiger partial charge < -0.3 is 20.7 Å². The lowest BCUT2D eigenvalue weighted by Crippen LogP contribution is -2.33. The van der Waals surface area contributed by atoms with Gasteiger partial charge in [-0.3, -0.25) is 4.79 Å². The van der Waals surface area contributed by atoms with E-state index in [0.717, 1.165) is 5.56 Å². The van der Waals surface area contributed by atoms with Crippen molar-refractivity contribution in [3.63, 3.8) is 0 Å². The number of nitrogens with one attached hydrogen (secondary N) is 3. The third-order valence-corrected chi connectivity index (χ3v) is 5.76. The number of rotatable bonds is 4. The molecule has 0 aromatic heterocycles. The van der Waals surface area contributed by atoms with E-state index in [0.29, 0.717) is 23.0 Å². The summed E-state index contributed by atoms with van der Waals surface area (Å²) in [5, 5.41) is 9.07. The van der Waals surface area contributed by atoms with Crippen LogP contribution in [0.2, 0.25) is 0 Å². The molecule has 2 aromatic rings. The summed E-state index contributed by atoms with van der Waals surface area (Å²) in [4.78, 5) is 11.6. The zero-order chi connectivity index (χ0) is 19.0. The molecule has 0 fully saturated rings. The Hall–Kier alpha value is -2.91. The molecule has 1 unspecified atom stereocenters. The topological polar surface area (TPSA) is 109 Å². The maximum Gasteiger partial charge on any atom is 0.286 e. The van der Waals surface area contributed by atoms with E-state index >= 15 is 0 Å². The van der Waals surface area contributed by atoms with Crippen molar-refractivity contribution in [3.8, 4) is 5.75 Å². The quantitative estimate of drug-likeness (QED) is 0.740. The van der Waals surface area contributed by atoms with E-state index in [1.54, 1.807) is 24.3 Å². The second-order valence-electron chi connectivity index (χ2n) is 6.33. The minimum atomic E-state index is -3.70. The van der Waals surface area contributed by atoms with Gasteiger partial charge in [0.15, 0.2) is 6.61 Å². The van der Waals surface area contributed by atoms with E-state index in [9.17, 15) is 13.2 Å². The summed E-state index contributed by atoms with van der Waals surface area (Å²) in [5.74, 6) is 0.770. The number of benzene rings is 2. The van der Waals surface area contributed by atoms with Gasteiger partial charge in [-0.05, 0) is 36.8 Å². The Balaban J connectivity index is 1.47. The molecule has 8 nitrogen and oxygen atoms in total. The highest BCUT2D eigenvalue weighted by atomic mass is 32.2. The summed E-state index contributed by atoms with van der Waals surface area (Å²) in [6.45, 7) is 2.20. The summed E-state index contributed by atoms with van der Waals surface area (Å²) < 4.78 is 33.8. The fourth-order valence-corrected chi connectivity index (χ4v) is 4.13. The van der Waals surface area contributed by atoms with Crippen molar-refractivity contribution in [2.24, 2.45) is 4.40 Å². The first-order chi connectivity index (χ1) is 12.9. The number of carbonyl (C=O) groups is 1. The Morgan fingerprint density at radius 3 is 2.85 bits per heavy atom. The van der Waals surface area contributed by atoms with Gasteiger partial charge in [-0.2, -0.15) is 8.42 Å². The molecule has 0 aliphatic carbocycles. The number of fused-ring (bicyclic) bond motifs is 2. The molecule has 0 saturated carbocycles. The first-order valence-corrected chi connectivity index (χ1v) is 9.86. The van der Waals surface area contributed by atoms with Crippen LogP contribution in [0.15, 0.2) is 51.8 Å². The number of amides is 1. The van der Waals surface area contributed by atoms with Crippen LogP contribution in [-0.4, -0.2) is 33.3 Å². The van der Waals surface area contributed by atoms with Crippen LogP contribution >= 0.6 is 0 Å². The lowest BCUT2D eigenvalue weighted by molar-refractivity contribution is -0.118. The predicted molar refractivity (Wildman–Crippen MR) is 102 cm³/mol. The molecule has 0 saturated heterocycles. The van der Waals surface area contributed by atoms with Gasteiger partial charge in [0, 0.05) is 6.04 Å². The van der Waals surface area contributed by atoms with E-state index < -0.39 is 10.0 Å². The molecule has 0 spiro atoms. The molecule has 9 heteroatoms. The third kappa shape index (κ3) is 3.51. The molecule has 2 aromatic carbocycles. The molecule has 0 bridgehead atoms. The molecule has 3 N–H and O–H groups in total. The first kappa shape index (κ1) is 17.5. The lowest BCUT2D eigenvalue weighted by Gasteiger charge is -2.22. The molecule has 2 aliphatic rings. The number of ether oxygens (including phenoxy) is 1. The van der Waals surface area contributed by atoms with Crippen molar-refractivity contribution in [3.05, 3.63) is 48.0 Å². The molecular weight excluding hydrogens is 368 g/mol. The Kier molecular flexibility index (Phi) is 4.33. The van der Waals surface area contributed by atoms with Crippen LogP contribution in [-0.2, 0) is 14.8 Å². The number of para-hydroxylation sites is 1. The van der Waals surface area contributed by atoms with Gasteiger partial charge in [-0.15, -0.1) is 4.40 Å². The molecule has 2 heterocycles. The van der Waals surface area contributed by atoms with Gasteiger partial charge in [0.1, 0.15) is 16.5 Å². The highest BCUT2D eigenvalue weighted by Gasteiger charge is 2.24. The van der Waals surface area contributed by atoms with E-state index in [-0.39, 0.29) is 30.0 Å². The maximum absolute atomic E-state index is 12.3. The lowest BCUT2D eigenvalue weighted by atomic mass is 10.1. The van der Waals surface area contributed by atoms with Crippen LogP contribution in [0, 0.1) is 0 Å². The number of hydrogen-bond acceptors (Lipinski definition) is 6. The average molecular weight is 386 g/mol. The highest BCUT2D eigenvalue weighted by Crippen LogP contribution is 2.31. The van der Waals surface area contributed by atoms with Crippen molar-refractivity contribution >= 4 is 33.1 Å². The van der Waals surface area contributed by atoms with Crippen molar-refractivity contribution in [2.45, 2.75) is 17.9 Å². The molecule has 1 atom stereocenters. The van der Waals surface area contributed by atoms with Crippen LogP contribution in [0.25, 0.3) is 0 Å². The number of carbonyl (C=O) groups excluding carboxylic acids is 1. The third-order valence-electron chi connectivity index (χ3n) is 4.39. The van der Waals surface area contributed by atoms with Crippen LogP contribution in [0.1, 0.15) is 18.5 Å². The largest absolute Gasteiger partial charge is 0.482 e. The standard InChI is InChI=1S/C18H18N4O4S/c1-11(12-6-7-15-14(8-12)21-18(23)10-26-15)19-9-17-20-13-4-2-3-5-16(13)27(24,25)22-17/h2-8,11,19H,9-10H2,1H3,(H,20,22)(H,21,23). The summed E-state index contributed by atoms with van der Waals surface area (Å²) in [7, 11) is -3.70. The van der Waals surface area contributed by atoms with Gasteiger partial charge >= 0.3 is 0 Å². The number of anilines is 2. The van der Waals surface area contributed by atoms with Gasteiger partial charge in [-0.1, -0.05) is 18.2 Å². The van der Waals surface area contributed by atoms with Gasteiger partial charge in [0.05, 0.1) is 17.9 Å². The monoisotopic (exact) mass is 386 g/mol. The highest BCUT2D eigenvalue weighted by molar-refractivity contribution is 7.90. The first-order valence-electron chi connectivity index (χ1n) is 8.42. The van der Waals surface area contributed by atoms with Crippen LogP contribution in [0.5, 0.6) is 5.75 Å². The zero-order valence-electron chi connectivity index (χ0n) is 14.5. The summed E-state index contributed by atoms with van der Waals surface area (Å²) in [5.41, 5.74) is 2.08. The minimum Gasteiger partial charge on any atom is -0.482 e.